The summed E-state index contributed by atoms with van der Waals surface area (Å²) in [5.74, 6) is 1.79. The van der Waals surface area contributed by atoms with E-state index >= 15 is 0 Å². The number of hydrogen-bond donors (Lipinski definition) is 1. The van der Waals surface area contributed by atoms with Gasteiger partial charge in [0.25, 0.3) is 0 Å². The third-order valence-corrected chi connectivity index (χ3v) is 3.59. The van der Waals surface area contributed by atoms with Gasteiger partial charge in [-0.15, -0.1) is 0 Å². The minimum Gasteiger partial charge on any atom is -0.356 e. The summed E-state index contributed by atoms with van der Waals surface area (Å²) in [5.41, 5.74) is 0. The second kappa shape index (κ2) is 7.43. The van der Waals surface area contributed by atoms with Crippen molar-refractivity contribution in [1.82, 2.24) is 14.9 Å². The van der Waals surface area contributed by atoms with Crippen molar-refractivity contribution in [3.8, 4) is 0 Å². The Morgan fingerprint density at radius 2 is 1.95 bits per heavy atom. The average molecular weight is 277 g/mol. The van der Waals surface area contributed by atoms with Crippen LogP contribution in [-0.2, 0) is 0 Å². The van der Waals surface area contributed by atoms with Gasteiger partial charge in [-0.3, -0.25) is 0 Å². The number of nitrogens with one attached hydrogen (secondary N) is 1. The molecule has 0 bridgehead atoms. The Kier molecular flexibility index (Phi) is 5.59. The van der Waals surface area contributed by atoms with Crippen molar-refractivity contribution in [2.24, 2.45) is 0 Å². The maximum absolute atomic E-state index is 4.67. The van der Waals surface area contributed by atoms with E-state index in [1.54, 1.807) is 0 Å². The van der Waals surface area contributed by atoms with Crippen LogP contribution in [-0.4, -0.2) is 54.6 Å². The molecule has 0 amide bonds. The monoisotopic (exact) mass is 277 g/mol. The molecule has 2 rings (SSSR count). The molecule has 112 valence electrons. The highest BCUT2D eigenvalue weighted by molar-refractivity contribution is 5.42. The molecule has 0 aliphatic carbocycles. The van der Waals surface area contributed by atoms with Gasteiger partial charge in [-0.2, -0.15) is 4.98 Å². The zero-order valence-corrected chi connectivity index (χ0v) is 13.0. The van der Waals surface area contributed by atoms with E-state index in [0.29, 0.717) is 6.04 Å². The van der Waals surface area contributed by atoms with Crippen LogP contribution in [0.1, 0.15) is 32.6 Å². The summed E-state index contributed by atoms with van der Waals surface area (Å²) in [4.78, 5) is 13.6. The first-order valence-electron chi connectivity index (χ1n) is 7.64. The van der Waals surface area contributed by atoms with Crippen molar-refractivity contribution in [3.63, 3.8) is 0 Å². The second-order valence-corrected chi connectivity index (χ2v) is 5.95. The van der Waals surface area contributed by atoms with Crippen LogP contribution >= 0.6 is 0 Å². The molecule has 1 aromatic rings. The molecule has 0 spiro atoms. The quantitative estimate of drug-likeness (QED) is 0.894. The summed E-state index contributed by atoms with van der Waals surface area (Å²) in [6.45, 7) is 5.35. The molecule has 1 atom stereocenters. The number of anilines is 2. The van der Waals surface area contributed by atoms with Gasteiger partial charge in [0.1, 0.15) is 5.82 Å². The summed E-state index contributed by atoms with van der Waals surface area (Å²) in [6, 6.07) is 2.36. The molecule has 5 nitrogen and oxygen atoms in total. The first-order chi connectivity index (χ1) is 9.65. The zero-order chi connectivity index (χ0) is 14.4. The maximum atomic E-state index is 4.67. The van der Waals surface area contributed by atoms with E-state index < -0.39 is 0 Å². The average Bonchev–Trinajstić information content (AvgIpc) is 2.66. The first-order valence-corrected chi connectivity index (χ1v) is 7.64. The third-order valence-electron chi connectivity index (χ3n) is 3.59. The molecule has 1 aromatic heterocycles. The summed E-state index contributed by atoms with van der Waals surface area (Å²) in [6.07, 6.45) is 7.07. The molecule has 0 saturated carbocycles. The molecule has 20 heavy (non-hydrogen) atoms. The van der Waals surface area contributed by atoms with Crippen LogP contribution in [0.2, 0.25) is 0 Å². The molecular formula is C15H27N5. The lowest BCUT2D eigenvalue weighted by molar-refractivity contribution is 0.391. The fourth-order valence-corrected chi connectivity index (χ4v) is 2.71. The van der Waals surface area contributed by atoms with Gasteiger partial charge in [-0.1, -0.05) is 12.8 Å². The molecule has 5 heteroatoms. The van der Waals surface area contributed by atoms with Gasteiger partial charge in [0.05, 0.1) is 0 Å². The Labute approximate surface area is 122 Å². The van der Waals surface area contributed by atoms with Crippen LogP contribution in [0.4, 0.5) is 11.8 Å². The lowest BCUT2D eigenvalue weighted by Crippen LogP contribution is -2.31. The van der Waals surface area contributed by atoms with Crippen LogP contribution in [0.5, 0.6) is 0 Å². The van der Waals surface area contributed by atoms with Gasteiger partial charge in [0.15, 0.2) is 0 Å². The lowest BCUT2D eigenvalue weighted by Gasteiger charge is -2.23. The molecule has 1 saturated heterocycles. The van der Waals surface area contributed by atoms with Crippen molar-refractivity contribution >= 4 is 11.8 Å². The first kappa shape index (κ1) is 15.0. The van der Waals surface area contributed by atoms with Crippen molar-refractivity contribution in [2.45, 2.75) is 38.6 Å². The number of rotatable bonds is 5. The number of likely N-dealkylation sites (N-methyl/N-ethyl adjacent to an activating group) is 1. The van der Waals surface area contributed by atoms with Crippen molar-refractivity contribution in [2.75, 3.05) is 43.9 Å². The van der Waals surface area contributed by atoms with E-state index in [2.05, 4.69) is 46.1 Å². The van der Waals surface area contributed by atoms with E-state index in [4.69, 9.17) is 0 Å². The Morgan fingerprint density at radius 3 is 2.60 bits per heavy atom. The normalized spacial score (nSPS) is 17.9. The predicted octanol–water partition coefficient (Wildman–Crippen LogP) is 2.22. The third kappa shape index (κ3) is 4.63. The molecule has 2 heterocycles. The maximum Gasteiger partial charge on any atom is 0.224 e. The molecule has 0 aromatic carbocycles. The summed E-state index contributed by atoms with van der Waals surface area (Å²) < 4.78 is 0. The summed E-state index contributed by atoms with van der Waals surface area (Å²) in [5, 5.41) is 3.38. The standard InChI is InChI=1S/C15H27N5/c1-13(12-19(2)3)17-15-16-9-8-14(18-15)20-10-6-4-5-7-11-20/h8-9,13H,4-7,10-12H2,1-3H3,(H,16,17,18). The van der Waals surface area contributed by atoms with Crippen LogP contribution in [0.3, 0.4) is 0 Å². The van der Waals surface area contributed by atoms with Gasteiger partial charge < -0.3 is 15.1 Å². The smallest absolute Gasteiger partial charge is 0.224 e. The number of nitrogens with zero attached hydrogens (tertiary/aromatic N) is 4. The SMILES string of the molecule is CC(CN(C)C)Nc1nccc(N2CCCCCC2)n1. The fourth-order valence-electron chi connectivity index (χ4n) is 2.71. The Bertz CT molecular complexity index is 399. The van der Waals surface area contributed by atoms with Crippen molar-refractivity contribution in [1.29, 1.82) is 0 Å². The van der Waals surface area contributed by atoms with E-state index in [0.717, 1.165) is 31.4 Å². The predicted molar refractivity (Wildman–Crippen MR) is 84.4 cm³/mol. The van der Waals surface area contributed by atoms with E-state index in [1.165, 1.54) is 25.7 Å². The zero-order valence-electron chi connectivity index (χ0n) is 13.0. The highest BCUT2D eigenvalue weighted by atomic mass is 15.2. The van der Waals surface area contributed by atoms with Gasteiger partial charge in [0.2, 0.25) is 5.95 Å². The Hall–Kier alpha value is -1.36. The highest BCUT2D eigenvalue weighted by Crippen LogP contribution is 2.18. The topological polar surface area (TPSA) is 44.3 Å². The molecule has 1 N–H and O–H groups in total. The fraction of sp³-hybridized carbons (Fsp3) is 0.733. The molecular weight excluding hydrogens is 250 g/mol. The molecule has 1 aliphatic heterocycles. The van der Waals surface area contributed by atoms with E-state index in [9.17, 15) is 0 Å². The van der Waals surface area contributed by atoms with Crippen LogP contribution in [0, 0.1) is 0 Å². The molecule has 0 radical (unpaired) electrons. The van der Waals surface area contributed by atoms with E-state index in [1.807, 2.05) is 12.3 Å². The minimum atomic E-state index is 0.337. The largest absolute Gasteiger partial charge is 0.356 e. The van der Waals surface area contributed by atoms with Crippen LogP contribution in [0.25, 0.3) is 0 Å². The van der Waals surface area contributed by atoms with Crippen LogP contribution < -0.4 is 10.2 Å². The molecule has 1 unspecified atom stereocenters. The second-order valence-electron chi connectivity index (χ2n) is 5.95. The van der Waals surface area contributed by atoms with Gasteiger partial charge in [-0.05, 0) is 39.9 Å². The lowest BCUT2D eigenvalue weighted by atomic mass is 10.2. The summed E-state index contributed by atoms with van der Waals surface area (Å²) in [7, 11) is 4.15. The van der Waals surface area contributed by atoms with Crippen molar-refractivity contribution < 1.29 is 0 Å². The minimum absolute atomic E-state index is 0.337. The van der Waals surface area contributed by atoms with Crippen molar-refractivity contribution in [3.05, 3.63) is 12.3 Å². The van der Waals surface area contributed by atoms with E-state index in [-0.39, 0.29) is 0 Å². The van der Waals surface area contributed by atoms with Crippen LogP contribution in [0.15, 0.2) is 12.3 Å². The van der Waals surface area contributed by atoms with Gasteiger partial charge >= 0.3 is 0 Å². The molecule has 1 aliphatic rings. The highest BCUT2D eigenvalue weighted by Gasteiger charge is 2.12. The Morgan fingerprint density at radius 1 is 1.25 bits per heavy atom. The van der Waals surface area contributed by atoms with Gasteiger partial charge in [-0.25, -0.2) is 4.98 Å². The number of hydrogen-bond acceptors (Lipinski definition) is 5. The summed E-state index contributed by atoms with van der Waals surface area (Å²) >= 11 is 0. The number of aromatic nitrogens is 2. The van der Waals surface area contributed by atoms with Gasteiger partial charge in [0, 0.05) is 31.9 Å². The molecule has 1 fully saturated rings. The Balaban J connectivity index is 1.99.